The monoisotopic (exact) mass is 281 g/mol. The number of nitrogen functional groups attached to an aromatic ring is 1. The molecule has 0 aromatic heterocycles. The molecule has 0 aliphatic heterocycles. The summed E-state index contributed by atoms with van der Waals surface area (Å²) in [5.74, 6) is -2.10. The topological polar surface area (TPSA) is 43.1 Å². The summed E-state index contributed by atoms with van der Waals surface area (Å²) in [5.41, 5.74) is 5.76. The molecule has 2 N–H and O–H groups in total. The molecule has 0 saturated heterocycles. The van der Waals surface area contributed by atoms with Crippen molar-refractivity contribution in [3.63, 3.8) is 0 Å². The molecule has 0 aliphatic carbocycles. The lowest BCUT2D eigenvalue weighted by atomic mass is 10.0. The third-order valence-electron chi connectivity index (χ3n) is 2.73. The Hall–Kier alpha value is -1.94. The van der Waals surface area contributed by atoms with Crippen LogP contribution in [-0.4, -0.2) is 5.78 Å². The summed E-state index contributed by atoms with van der Waals surface area (Å²) in [6.07, 6.45) is 0. The van der Waals surface area contributed by atoms with Gasteiger partial charge in [0, 0.05) is 11.3 Å². The lowest BCUT2D eigenvalue weighted by Crippen LogP contribution is -2.07. The zero-order chi connectivity index (χ0) is 14.2. The summed E-state index contributed by atoms with van der Waals surface area (Å²) >= 11 is 5.88. The van der Waals surface area contributed by atoms with Crippen molar-refractivity contribution in [2.75, 3.05) is 5.73 Å². The van der Waals surface area contributed by atoms with Gasteiger partial charge in [0.15, 0.2) is 5.78 Å². The van der Waals surface area contributed by atoms with Crippen molar-refractivity contribution >= 4 is 23.1 Å². The predicted octanol–water partition coefficient (Wildman–Crippen LogP) is 3.74. The minimum atomic E-state index is -0.781. The highest BCUT2D eigenvalue weighted by molar-refractivity contribution is 6.35. The molecule has 2 aromatic rings. The zero-order valence-corrected chi connectivity index (χ0v) is 10.8. The average molecular weight is 282 g/mol. The van der Waals surface area contributed by atoms with Crippen LogP contribution in [0.4, 0.5) is 14.5 Å². The molecule has 0 unspecified atom stereocenters. The highest BCUT2D eigenvalue weighted by Gasteiger charge is 2.18. The van der Waals surface area contributed by atoms with Gasteiger partial charge in [0.2, 0.25) is 0 Å². The second-order valence-electron chi connectivity index (χ2n) is 4.15. The third-order valence-corrected chi connectivity index (χ3v) is 3.04. The van der Waals surface area contributed by atoms with Crippen LogP contribution in [0.2, 0.25) is 5.02 Å². The van der Waals surface area contributed by atoms with Gasteiger partial charge < -0.3 is 5.73 Å². The number of nitrogens with two attached hydrogens (primary N) is 1. The molecule has 2 aromatic carbocycles. The van der Waals surface area contributed by atoms with Gasteiger partial charge in [-0.05, 0) is 42.8 Å². The SMILES string of the molecule is Cc1cc(F)c(C(=O)c2ccc(N)cc2Cl)cc1F. The first-order valence-electron chi connectivity index (χ1n) is 5.45. The minimum Gasteiger partial charge on any atom is -0.399 e. The number of hydrogen-bond donors (Lipinski definition) is 1. The van der Waals surface area contributed by atoms with Crippen LogP contribution >= 0.6 is 11.6 Å². The van der Waals surface area contributed by atoms with E-state index in [1.807, 2.05) is 0 Å². The predicted molar refractivity (Wildman–Crippen MR) is 70.4 cm³/mol. The molecule has 19 heavy (non-hydrogen) atoms. The average Bonchev–Trinajstić information content (AvgIpc) is 2.33. The molecule has 0 amide bonds. The maximum atomic E-state index is 13.7. The molecule has 0 radical (unpaired) electrons. The van der Waals surface area contributed by atoms with Gasteiger partial charge in [-0.1, -0.05) is 11.6 Å². The van der Waals surface area contributed by atoms with Gasteiger partial charge in [0.1, 0.15) is 11.6 Å². The van der Waals surface area contributed by atoms with Gasteiger partial charge in [0.25, 0.3) is 0 Å². The first-order chi connectivity index (χ1) is 8.90. The standard InChI is InChI=1S/C14H10ClF2NO/c1-7-4-13(17)10(6-12(7)16)14(19)9-3-2-8(18)5-11(9)15/h2-6H,18H2,1H3. The van der Waals surface area contributed by atoms with E-state index in [1.165, 1.54) is 25.1 Å². The summed E-state index contributed by atoms with van der Waals surface area (Å²) in [6.45, 7) is 1.42. The maximum absolute atomic E-state index is 13.7. The van der Waals surface area contributed by atoms with E-state index >= 15 is 0 Å². The molecule has 0 spiro atoms. The largest absolute Gasteiger partial charge is 0.399 e. The van der Waals surface area contributed by atoms with Crippen LogP contribution < -0.4 is 5.73 Å². The molecular weight excluding hydrogens is 272 g/mol. The molecule has 98 valence electrons. The number of ketones is 1. The van der Waals surface area contributed by atoms with E-state index in [2.05, 4.69) is 0 Å². The van der Waals surface area contributed by atoms with Gasteiger partial charge in [0.05, 0.1) is 10.6 Å². The Morgan fingerprint density at radius 2 is 1.79 bits per heavy atom. The quantitative estimate of drug-likeness (QED) is 0.673. The van der Waals surface area contributed by atoms with Gasteiger partial charge in [-0.15, -0.1) is 0 Å². The van der Waals surface area contributed by atoms with Crippen molar-refractivity contribution < 1.29 is 13.6 Å². The van der Waals surface area contributed by atoms with Gasteiger partial charge in [-0.25, -0.2) is 8.78 Å². The first kappa shape index (κ1) is 13.5. The zero-order valence-electron chi connectivity index (χ0n) is 10.0. The van der Waals surface area contributed by atoms with Crippen LogP contribution in [0, 0.1) is 18.6 Å². The number of aryl methyl sites for hydroxylation is 1. The lowest BCUT2D eigenvalue weighted by molar-refractivity contribution is 0.103. The van der Waals surface area contributed by atoms with E-state index in [0.29, 0.717) is 5.69 Å². The number of benzene rings is 2. The molecule has 2 rings (SSSR count). The van der Waals surface area contributed by atoms with Crippen molar-refractivity contribution in [2.24, 2.45) is 0 Å². The van der Waals surface area contributed by atoms with Gasteiger partial charge in [-0.2, -0.15) is 0 Å². The minimum absolute atomic E-state index is 0.0815. The van der Waals surface area contributed by atoms with Crippen LogP contribution in [0.5, 0.6) is 0 Å². The number of carbonyl (C=O) groups is 1. The fraction of sp³-hybridized carbons (Fsp3) is 0.0714. The molecule has 0 aliphatic rings. The summed E-state index contributed by atoms with van der Waals surface area (Å²) in [7, 11) is 0. The fourth-order valence-electron chi connectivity index (χ4n) is 1.68. The van der Waals surface area contributed by atoms with E-state index in [0.717, 1.165) is 12.1 Å². The third kappa shape index (κ3) is 2.58. The van der Waals surface area contributed by atoms with E-state index in [9.17, 15) is 13.6 Å². The number of carbonyl (C=O) groups excluding carboxylic acids is 1. The molecule has 2 nitrogen and oxygen atoms in total. The molecular formula is C14H10ClF2NO. The lowest BCUT2D eigenvalue weighted by Gasteiger charge is -2.07. The van der Waals surface area contributed by atoms with Crippen LogP contribution in [-0.2, 0) is 0 Å². The van der Waals surface area contributed by atoms with Crippen molar-refractivity contribution in [2.45, 2.75) is 6.92 Å². The fourth-order valence-corrected chi connectivity index (χ4v) is 1.96. The van der Waals surface area contributed by atoms with Crippen LogP contribution in [0.1, 0.15) is 21.5 Å². The Morgan fingerprint density at radius 3 is 2.42 bits per heavy atom. The van der Waals surface area contributed by atoms with Crippen molar-refractivity contribution in [1.29, 1.82) is 0 Å². The molecule has 0 atom stereocenters. The second-order valence-corrected chi connectivity index (χ2v) is 4.56. The second kappa shape index (κ2) is 4.97. The summed E-state index contributed by atoms with van der Waals surface area (Å²) in [4.78, 5) is 12.1. The normalized spacial score (nSPS) is 10.5. The Kier molecular flexibility index (Phi) is 3.53. The van der Waals surface area contributed by atoms with E-state index in [4.69, 9.17) is 17.3 Å². The Bertz CT molecular complexity index is 671. The van der Waals surface area contributed by atoms with E-state index < -0.39 is 17.4 Å². The number of anilines is 1. The van der Waals surface area contributed by atoms with Gasteiger partial charge >= 0.3 is 0 Å². The Morgan fingerprint density at radius 1 is 1.11 bits per heavy atom. The molecule has 5 heteroatoms. The molecule has 0 heterocycles. The highest BCUT2D eigenvalue weighted by atomic mass is 35.5. The summed E-state index contributed by atoms with van der Waals surface area (Å²) < 4.78 is 27.2. The molecule has 0 bridgehead atoms. The molecule has 0 fully saturated rings. The van der Waals surface area contributed by atoms with E-state index in [1.54, 1.807) is 0 Å². The Labute approximate surface area is 113 Å². The van der Waals surface area contributed by atoms with Gasteiger partial charge in [-0.3, -0.25) is 4.79 Å². The van der Waals surface area contributed by atoms with Crippen LogP contribution in [0.15, 0.2) is 30.3 Å². The first-order valence-corrected chi connectivity index (χ1v) is 5.83. The smallest absolute Gasteiger partial charge is 0.197 e. The number of rotatable bonds is 2. The maximum Gasteiger partial charge on any atom is 0.197 e. The van der Waals surface area contributed by atoms with Crippen molar-refractivity contribution in [3.05, 3.63) is 63.7 Å². The summed E-state index contributed by atoms with van der Waals surface area (Å²) in [6, 6.07) is 6.10. The van der Waals surface area contributed by atoms with Crippen LogP contribution in [0.25, 0.3) is 0 Å². The highest BCUT2D eigenvalue weighted by Crippen LogP contribution is 2.24. The number of halogens is 3. The summed E-state index contributed by atoms with van der Waals surface area (Å²) in [5, 5.41) is 0.102. The van der Waals surface area contributed by atoms with Crippen LogP contribution in [0.3, 0.4) is 0 Å². The van der Waals surface area contributed by atoms with E-state index in [-0.39, 0.29) is 21.7 Å². The Balaban J connectivity index is 2.53. The number of hydrogen-bond acceptors (Lipinski definition) is 2. The van der Waals surface area contributed by atoms with Crippen molar-refractivity contribution in [1.82, 2.24) is 0 Å². The van der Waals surface area contributed by atoms with Crippen molar-refractivity contribution in [3.8, 4) is 0 Å². The molecule has 0 saturated carbocycles.